The van der Waals surface area contributed by atoms with Crippen LogP contribution >= 0.6 is 7.75 Å². The van der Waals surface area contributed by atoms with E-state index in [4.69, 9.17) is 24.3 Å². The lowest BCUT2D eigenvalue weighted by Crippen LogP contribution is -2.48. The number of esters is 1. The number of hydrogen-bond acceptors (Lipinski definition) is 16. The maximum atomic E-state index is 14.0. The number of aromatic nitrogens is 3. The van der Waals surface area contributed by atoms with E-state index in [2.05, 4.69) is 21.7 Å². The average molecular weight is 652 g/mol. The highest BCUT2D eigenvalue weighted by atomic mass is 31.2. The number of nitrogens with two attached hydrogens (primary N) is 1. The highest BCUT2D eigenvalue weighted by molar-refractivity contribution is 7.51. The summed E-state index contributed by atoms with van der Waals surface area (Å²) in [5.74, 6) is -4.10. The summed E-state index contributed by atoms with van der Waals surface area (Å²) in [5, 5.41) is 55.5. The Morgan fingerprint density at radius 3 is 2.25 bits per heavy atom. The quantitative estimate of drug-likeness (QED) is 0.0322. The van der Waals surface area contributed by atoms with Gasteiger partial charge in [0.05, 0.1) is 33.0 Å². The number of hydrogen-bond donors (Lipinski definition) is 7. The van der Waals surface area contributed by atoms with Crippen LogP contribution in [0.25, 0.3) is 0 Å². The average Bonchev–Trinajstić information content (AvgIpc) is 3.57. The minimum Gasteiger partial charge on any atom is -0.464 e. The molecule has 0 radical (unpaired) electrons. The minimum absolute atomic E-state index is 0.125. The van der Waals surface area contributed by atoms with Crippen LogP contribution in [0.15, 0.2) is 18.5 Å². The second-order valence-electron chi connectivity index (χ2n) is 9.85. The largest absolute Gasteiger partial charge is 0.464 e. The number of Topliss-reactive ketones (excluding diaryl/α,β-unsaturated/α-hetero) is 2. The Hall–Kier alpha value is -2.97. The lowest BCUT2D eigenvalue weighted by Gasteiger charge is -2.32. The van der Waals surface area contributed by atoms with Crippen molar-refractivity contribution in [2.75, 3.05) is 39.6 Å². The fourth-order valence-corrected chi connectivity index (χ4v) is 5.58. The number of nitrogens with zero attached hydrogens (tertiary/aromatic N) is 3. The molecule has 1 aliphatic rings. The van der Waals surface area contributed by atoms with Gasteiger partial charge in [-0.15, -0.1) is 5.10 Å². The molecule has 1 fully saturated rings. The van der Waals surface area contributed by atoms with Crippen LogP contribution in [-0.4, -0.2) is 128 Å². The highest BCUT2D eigenvalue weighted by Crippen LogP contribution is 2.48. The van der Waals surface area contributed by atoms with Crippen molar-refractivity contribution in [1.82, 2.24) is 19.9 Å². The number of aliphatic hydroxyl groups excluding tert-OH is 5. The molecule has 1 aromatic rings. The van der Waals surface area contributed by atoms with Crippen molar-refractivity contribution in [2.24, 2.45) is 11.1 Å². The van der Waals surface area contributed by atoms with Crippen molar-refractivity contribution in [3.05, 3.63) is 24.3 Å². The first-order chi connectivity index (χ1) is 20.6. The van der Waals surface area contributed by atoms with Crippen LogP contribution in [0.4, 0.5) is 0 Å². The molecule has 2 heterocycles. The smallest absolute Gasteiger partial charge is 0.406 e. The molecule has 0 aliphatic carbocycles. The van der Waals surface area contributed by atoms with E-state index >= 15 is 0 Å². The number of rotatable bonds is 20. The number of ketones is 2. The normalized spacial score (nSPS) is 22.2. The number of carbonyl (C=O) groups excluding carboxylic acids is 4. The van der Waals surface area contributed by atoms with Gasteiger partial charge in [-0.2, -0.15) is 0 Å². The number of nitrogens with one attached hydrogen (secondary N) is 1. The Morgan fingerprint density at radius 2 is 1.75 bits per heavy atom. The molecular weight excluding hydrogens is 613 g/mol. The van der Waals surface area contributed by atoms with E-state index in [1.807, 2.05) is 0 Å². The van der Waals surface area contributed by atoms with E-state index in [0.717, 1.165) is 17.9 Å². The van der Waals surface area contributed by atoms with E-state index in [1.54, 1.807) is 0 Å². The van der Waals surface area contributed by atoms with Gasteiger partial charge < -0.3 is 40.7 Å². The van der Waals surface area contributed by atoms with Gasteiger partial charge in [0.2, 0.25) is 5.82 Å². The van der Waals surface area contributed by atoms with Crippen LogP contribution in [0.1, 0.15) is 43.5 Å². The molecule has 2 rings (SSSR count). The Morgan fingerprint density at radius 1 is 1.14 bits per heavy atom. The predicted octanol–water partition coefficient (Wildman–Crippen LogP) is -2.88. The van der Waals surface area contributed by atoms with Crippen LogP contribution < -0.4 is 10.8 Å². The van der Waals surface area contributed by atoms with Crippen molar-refractivity contribution < 1.29 is 67.8 Å². The molecule has 8 N–H and O–H groups in total. The molecule has 6 atom stereocenters. The third-order valence-corrected chi connectivity index (χ3v) is 8.31. The molecule has 44 heavy (non-hydrogen) atoms. The number of amides is 1. The number of carbonyl (C=O) groups is 4. The van der Waals surface area contributed by atoms with Gasteiger partial charge in [-0.05, 0) is 12.5 Å². The minimum atomic E-state index is -4.66. The second kappa shape index (κ2) is 16.4. The Labute approximate surface area is 251 Å². The van der Waals surface area contributed by atoms with Crippen molar-refractivity contribution in [3.63, 3.8) is 0 Å². The summed E-state index contributed by atoms with van der Waals surface area (Å²) < 4.78 is 36.4. The maximum absolute atomic E-state index is 14.0. The molecule has 1 aromatic heterocycles. The van der Waals surface area contributed by atoms with Gasteiger partial charge in [-0.25, -0.2) is 19.3 Å². The Bertz CT molecular complexity index is 1220. The van der Waals surface area contributed by atoms with Crippen molar-refractivity contribution >= 4 is 31.2 Å². The number of ether oxygens (including phenoxy) is 2. The van der Waals surface area contributed by atoms with Gasteiger partial charge in [-0.3, -0.25) is 28.2 Å². The number of primary amides is 1. The fraction of sp³-hybridized carbons (Fsp3) is 0.667. The van der Waals surface area contributed by atoms with Gasteiger partial charge >= 0.3 is 13.7 Å². The molecular formula is C24H38N5O14P. The molecule has 0 bridgehead atoms. The topological polar surface area (TPSA) is 292 Å². The fourth-order valence-electron chi connectivity index (χ4n) is 3.97. The van der Waals surface area contributed by atoms with E-state index in [0.29, 0.717) is 0 Å². The molecule has 1 aliphatic heterocycles. The zero-order valence-corrected chi connectivity index (χ0v) is 25.0. The molecule has 4 unspecified atom stereocenters. The van der Waals surface area contributed by atoms with Crippen LogP contribution in [0.3, 0.4) is 0 Å². The maximum Gasteiger partial charge on any atom is 0.406 e. The summed E-state index contributed by atoms with van der Waals surface area (Å²) in [6.45, 7) is 1.51. The third-order valence-electron chi connectivity index (χ3n) is 6.65. The first kappa shape index (κ1) is 37.2. The number of aliphatic hydroxyl groups is 5. The van der Waals surface area contributed by atoms with Crippen LogP contribution in [0.5, 0.6) is 0 Å². The lowest BCUT2D eigenvalue weighted by atomic mass is 9.78. The zero-order chi connectivity index (χ0) is 33.2. The van der Waals surface area contributed by atoms with Gasteiger partial charge in [0, 0.05) is 25.8 Å². The monoisotopic (exact) mass is 651 g/mol. The first-order valence-electron chi connectivity index (χ1n) is 13.2. The van der Waals surface area contributed by atoms with Gasteiger partial charge in [0.25, 0.3) is 5.91 Å². The SMILES string of the molecule is C=C(CO)C(C)NP(=O)(OC[C@H]1O[C@@H](n2cnc(C(N)=O)n2)C(O)C1O)OCC(COC(C)=O)(C(=O)CCO)C(=O)CCO. The molecule has 0 aromatic carbocycles. The molecule has 248 valence electrons. The lowest BCUT2D eigenvalue weighted by molar-refractivity contribution is -0.155. The molecule has 1 amide bonds. The van der Waals surface area contributed by atoms with Gasteiger partial charge in [-0.1, -0.05) is 6.58 Å². The van der Waals surface area contributed by atoms with E-state index < -0.39 is 120 Å². The van der Waals surface area contributed by atoms with Crippen molar-refractivity contribution in [1.29, 1.82) is 0 Å². The van der Waals surface area contributed by atoms with E-state index in [1.165, 1.54) is 6.92 Å². The van der Waals surface area contributed by atoms with Crippen LogP contribution in [0, 0.1) is 5.41 Å². The summed E-state index contributed by atoms with van der Waals surface area (Å²) in [5.41, 5.74) is 2.94. The standard InChI is InChI=1S/C24H38N5O14P/c1-13(8-32)14(2)28-44(39,42-11-24(10-40-15(3)33,17(34)4-6-30)18(35)5-7-31)41-9-16-19(36)20(37)23(43-16)29-12-26-22(27-29)21(25)38/h12,14,16,19-20,23,30-32,36-37H,1,4-11H2,2-3H3,(H2,25,38)(H,28,39)/t14?,16-,19?,20?,23-,44?/m1/s1. The molecule has 20 heteroatoms. The Balaban J connectivity index is 2.36. The zero-order valence-electron chi connectivity index (χ0n) is 24.1. The molecule has 1 saturated heterocycles. The van der Waals surface area contributed by atoms with E-state index in [-0.39, 0.29) is 11.4 Å². The summed E-state index contributed by atoms with van der Waals surface area (Å²) in [4.78, 5) is 52.7. The van der Waals surface area contributed by atoms with E-state index in [9.17, 15) is 49.3 Å². The summed E-state index contributed by atoms with van der Waals surface area (Å²) in [7, 11) is -4.66. The highest BCUT2D eigenvalue weighted by Gasteiger charge is 2.49. The summed E-state index contributed by atoms with van der Waals surface area (Å²) in [6.07, 6.45) is -6.18. The second-order valence-corrected chi connectivity index (χ2v) is 11.6. The van der Waals surface area contributed by atoms with Crippen molar-refractivity contribution in [3.8, 4) is 0 Å². The first-order valence-corrected chi connectivity index (χ1v) is 14.8. The molecule has 0 saturated carbocycles. The summed E-state index contributed by atoms with van der Waals surface area (Å²) in [6, 6.07) is -0.954. The van der Waals surface area contributed by atoms with Gasteiger partial charge in [0.15, 0.2) is 17.8 Å². The van der Waals surface area contributed by atoms with Crippen molar-refractivity contribution in [2.45, 2.75) is 57.3 Å². The van der Waals surface area contributed by atoms with Crippen LogP contribution in [-0.2, 0) is 37.5 Å². The molecule has 0 spiro atoms. The van der Waals surface area contributed by atoms with Crippen LogP contribution in [0.2, 0.25) is 0 Å². The molecule has 19 nitrogen and oxygen atoms in total. The summed E-state index contributed by atoms with van der Waals surface area (Å²) >= 11 is 0. The predicted molar refractivity (Wildman–Crippen MR) is 145 cm³/mol. The third kappa shape index (κ3) is 9.27. The Kier molecular flexibility index (Phi) is 13.8. The van der Waals surface area contributed by atoms with Gasteiger partial charge in [0.1, 0.15) is 36.7 Å².